The molecule has 0 aliphatic heterocycles. The summed E-state index contributed by atoms with van der Waals surface area (Å²) < 4.78 is 13.7. The lowest BCUT2D eigenvalue weighted by molar-refractivity contribution is 0.0783. The molecule has 1 heterocycles. The quantitative estimate of drug-likeness (QED) is 0.876. The van der Waals surface area contributed by atoms with E-state index < -0.39 is 5.82 Å². The molecular formula is C15H11ClFN3O. The van der Waals surface area contributed by atoms with Crippen molar-refractivity contribution in [2.45, 2.75) is 6.54 Å². The topological polar surface area (TPSA) is 57.0 Å². The average molecular weight is 304 g/mol. The fraction of sp³-hybridized carbons (Fsp3) is 0.133. The van der Waals surface area contributed by atoms with Crippen LogP contribution in [0, 0.1) is 17.1 Å². The SMILES string of the molecule is CN(Cc1cc(C#N)ccc1F)C(=O)c1cnccc1Cl. The van der Waals surface area contributed by atoms with Gasteiger partial charge in [-0.2, -0.15) is 5.26 Å². The molecule has 1 aromatic carbocycles. The molecule has 0 unspecified atom stereocenters. The maximum absolute atomic E-state index is 13.7. The predicted octanol–water partition coefficient (Wildman–Crippen LogP) is 3.02. The summed E-state index contributed by atoms with van der Waals surface area (Å²) in [6, 6.07) is 7.47. The van der Waals surface area contributed by atoms with E-state index in [0.29, 0.717) is 5.56 Å². The highest BCUT2D eigenvalue weighted by molar-refractivity contribution is 6.33. The lowest BCUT2D eigenvalue weighted by Crippen LogP contribution is -2.27. The lowest BCUT2D eigenvalue weighted by Gasteiger charge is -2.18. The number of carbonyl (C=O) groups excluding carboxylic acids is 1. The molecule has 0 atom stereocenters. The molecule has 0 spiro atoms. The minimum atomic E-state index is -0.467. The van der Waals surface area contributed by atoms with Crippen LogP contribution >= 0.6 is 11.6 Å². The van der Waals surface area contributed by atoms with Gasteiger partial charge in [0.15, 0.2) is 0 Å². The first kappa shape index (κ1) is 14.9. The largest absolute Gasteiger partial charge is 0.337 e. The number of aromatic nitrogens is 1. The molecule has 106 valence electrons. The third kappa shape index (κ3) is 3.36. The number of benzene rings is 1. The Hall–Kier alpha value is -2.45. The maximum Gasteiger partial charge on any atom is 0.256 e. The van der Waals surface area contributed by atoms with Crippen LogP contribution in [0.4, 0.5) is 4.39 Å². The number of pyridine rings is 1. The molecule has 21 heavy (non-hydrogen) atoms. The summed E-state index contributed by atoms with van der Waals surface area (Å²) in [5.41, 5.74) is 0.857. The summed E-state index contributed by atoms with van der Waals surface area (Å²) >= 11 is 5.94. The molecule has 0 saturated carbocycles. The van der Waals surface area contributed by atoms with Gasteiger partial charge in [0, 0.05) is 31.5 Å². The van der Waals surface area contributed by atoms with Crippen molar-refractivity contribution < 1.29 is 9.18 Å². The second-order valence-corrected chi connectivity index (χ2v) is 4.84. The van der Waals surface area contributed by atoms with Crippen LogP contribution in [-0.4, -0.2) is 22.8 Å². The van der Waals surface area contributed by atoms with Crippen molar-refractivity contribution in [3.63, 3.8) is 0 Å². The number of halogens is 2. The molecule has 0 radical (unpaired) electrons. The van der Waals surface area contributed by atoms with Crippen molar-refractivity contribution in [1.82, 2.24) is 9.88 Å². The van der Waals surface area contributed by atoms with E-state index in [1.54, 1.807) is 0 Å². The van der Waals surface area contributed by atoms with Crippen molar-refractivity contribution in [3.8, 4) is 6.07 Å². The lowest BCUT2D eigenvalue weighted by atomic mass is 10.1. The van der Waals surface area contributed by atoms with Crippen molar-refractivity contribution in [2.24, 2.45) is 0 Å². The highest BCUT2D eigenvalue weighted by Crippen LogP contribution is 2.18. The van der Waals surface area contributed by atoms with Crippen LogP contribution in [0.5, 0.6) is 0 Å². The Morgan fingerprint density at radius 1 is 1.48 bits per heavy atom. The van der Waals surface area contributed by atoms with E-state index in [-0.39, 0.29) is 28.6 Å². The van der Waals surface area contributed by atoms with E-state index in [9.17, 15) is 9.18 Å². The van der Waals surface area contributed by atoms with Gasteiger partial charge in [-0.15, -0.1) is 0 Å². The third-order valence-electron chi connectivity index (χ3n) is 2.93. The number of hydrogen-bond donors (Lipinski definition) is 0. The van der Waals surface area contributed by atoms with Gasteiger partial charge in [0.05, 0.1) is 22.2 Å². The van der Waals surface area contributed by atoms with E-state index in [0.717, 1.165) is 0 Å². The van der Waals surface area contributed by atoms with Crippen LogP contribution in [0.3, 0.4) is 0 Å². The molecule has 0 aliphatic carbocycles. The molecule has 0 bridgehead atoms. The number of rotatable bonds is 3. The summed E-state index contributed by atoms with van der Waals surface area (Å²) in [4.78, 5) is 17.4. The van der Waals surface area contributed by atoms with Crippen LogP contribution in [0.25, 0.3) is 0 Å². The molecule has 0 aliphatic rings. The van der Waals surface area contributed by atoms with E-state index >= 15 is 0 Å². The van der Waals surface area contributed by atoms with Gasteiger partial charge in [-0.25, -0.2) is 4.39 Å². The van der Waals surface area contributed by atoms with Crippen LogP contribution < -0.4 is 0 Å². The van der Waals surface area contributed by atoms with Gasteiger partial charge in [-0.1, -0.05) is 11.6 Å². The van der Waals surface area contributed by atoms with Crippen molar-refractivity contribution in [1.29, 1.82) is 5.26 Å². The Labute approximate surface area is 126 Å². The molecule has 2 aromatic rings. The second kappa shape index (κ2) is 6.33. The Morgan fingerprint density at radius 2 is 2.24 bits per heavy atom. The van der Waals surface area contributed by atoms with Crippen molar-refractivity contribution in [2.75, 3.05) is 7.05 Å². The van der Waals surface area contributed by atoms with Crippen LogP contribution in [0.15, 0.2) is 36.7 Å². The normalized spacial score (nSPS) is 10.0. The van der Waals surface area contributed by atoms with Gasteiger partial charge in [-0.05, 0) is 24.3 Å². The number of amides is 1. The van der Waals surface area contributed by atoms with E-state index in [1.165, 1.54) is 48.6 Å². The van der Waals surface area contributed by atoms with Gasteiger partial charge >= 0.3 is 0 Å². The van der Waals surface area contributed by atoms with Gasteiger partial charge in [0.2, 0.25) is 0 Å². The molecule has 0 fully saturated rings. The molecule has 4 nitrogen and oxygen atoms in total. The first-order valence-corrected chi connectivity index (χ1v) is 6.44. The molecule has 0 saturated heterocycles. The van der Waals surface area contributed by atoms with E-state index in [2.05, 4.69) is 4.98 Å². The molecular weight excluding hydrogens is 293 g/mol. The number of nitrogens with zero attached hydrogens (tertiary/aromatic N) is 3. The molecule has 0 N–H and O–H groups in total. The number of hydrogen-bond acceptors (Lipinski definition) is 3. The summed E-state index contributed by atoms with van der Waals surface area (Å²) in [5.74, 6) is -0.833. The van der Waals surface area contributed by atoms with Gasteiger partial charge in [-0.3, -0.25) is 9.78 Å². The fourth-order valence-electron chi connectivity index (χ4n) is 1.83. The van der Waals surface area contributed by atoms with Crippen molar-refractivity contribution in [3.05, 3.63) is 64.2 Å². The summed E-state index contributed by atoms with van der Waals surface area (Å²) in [6.07, 6.45) is 2.85. The van der Waals surface area contributed by atoms with Crippen LogP contribution in [0.1, 0.15) is 21.5 Å². The zero-order valence-electron chi connectivity index (χ0n) is 11.2. The zero-order chi connectivity index (χ0) is 15.4. The molecule has 1 aromatic heterocycles. The van der Waals surface area contributed by atoms with E-state index in [4.69, 9.17) is 16.9 Å². The second-order valence-electron chi connectivity index (χ2n) is 4.43. The number of carbonyl (C=O) groups is 1. The average Bonchev–Trinajstić information content (AvgIpc) is 2.49. The predicted molar refractivity (Wildman–Crippen MR) is 76.2 cm³/mol. The minimum absolute atomic E-state index is 0.0331. The minimum Gasteiger partial charge on any atom is -0.337 e. The summed E-state index contributed by atoms with van der Waals surface area (Å²) in [6.45, 7) is 0.0331. The monoisotopic (exact) mass is 303 g/mol. The van der Waals surface area contributed by atoms with Gasteiger partial charge < -0.3 is 4.90 Å². The summed E-state index contributed by atoms with van der Waals surface area (Å²) in [5, 5.41) is 9.12. The Bertz CT molecular complexity index is 727. The molecule has 2 rings (SSSR count). The first-order chi connectivity index (χ1) is 10.0. The maximum atomic E-state index is 13.7. The first-order valence-electron chi connectivity index (χ1n) is 6.06. The zero-order valence-corrected chi connectivity index (χ0v) is 11.9. The molecule has 6 heteroatoms. The standard InChI is InChI=1S/C15H11ClFN3O/c1-20(15(21)12-8-19-5-4-13(12)16)9-11-6-10(7-18)2-3-14(11)17/h2-6,8H,9H2,1H3. The number of nitriles is 1. The smallest absolute Gasteiger partial charge is 0.256 e. The van der Waals surface area contributed by atoms with Crippen LogP contribution in [0.2, 0.25) is 5.02 Å². The van der Waals surface area contributed by atoms with E-state index in [1.807, 2.05) is 6.07 Å². The van der Waals surface area contributed by atoms with Gasteiger partial charge in [0.25, 0.3) is 5.91 Å². The highest BCUT2D eigenvalue weighted by atomic mass is 35.5. The Balaban J connectivity index is 2.22. The highest BCUT2D eigenvalue weighted by Gasteiger charge is 2.17. The fourth-order valence-corrected chi connectivity index (χ4v) is 2.02. The van der Waals surface area contributed by atoms with Crippen molar-refractivity contribution >= 4 is 17.5 Å². The molecule has 1 amide bonds. The van der Waals surface area contributed by atoms with Crippen LogP contribution in [-0.2, 0) is 6.54 Å². The third-order valence-corrected chi connectivity index (χ3v) is 3.26. The Kier molecular flexibility index (Phi) is 4.51. The van der Waals surface area contributed by atoms with Gasteiger partial charge in [0.1, 0.15) is 5.82 Å². The summed E-state index contributed by atoms with van der Waals surface area (Å²) in [7, 11) is 1.53. The Morgan fingerprint density at radius 3 is 2.90 bits per heavy atom.